The lowest BCUT2D eigenvalue weighted by Gasteiger charge is -2.32. The fraction of sp³-hybridized carbons (Fsp3) is 0.400. The third kappa shape index (κ3) is 3.98. The highest BCUT2D eigenvalue weighted by atomic mass is 79.9. The Morgan fingerprint density at radius 3 is 2.67 bits per heavy atom. The van der Waals surface area contributed by atoms with Gasteiger partial charge >= 0.3 is 0 Å². The minimum Gasteiger partial charge on any atom is -0.341 e. The topological polar surface area (TPSA) is 53.9 Å². The third-order valence-electron chi connectivity index (χ3n) is 3.69. The summed E-state index contributed by atoms with van der Waals surface area (Å²) in [6, 6.07) is 4.50. The van der Waals surface area contributed by atoms with Gasteiger partial charge in [-0.2, -0.15) is 0 Å². The van der Waals surface area contributed by atoms with E-state index in [-0.39, 0.29) is 0 Å². The molecule has 5 nitrogen and oxygen atoms in total. The Hall–Kier alpha value is -1.53. The van der Waals surface area contributed by atoms with Crippen LogP contribution in [-0.2, 0) is 6.54 Å². The van der Waals surface area contributed by atoms with Crippen molar-refractivity contribution in [3.8, 4) is 0 Å². The predicted molar refractivity (Wildman–Crippen MR) is 86.0 cm³/mol. The van der Waals surface area contributed by atoms with E-state index >= 15 is 0 Å². The van der Waals surface area contributed by atoms with Crippen LogP contribution in [0.3, 0.4) is 0 Å². The normalized spacial score (nSPS) is 16.1. The lowest BCUT2D eigenvalue weighted by atomic mass is 10.1. The molecule has 1 aliphatic heterocycles. The number of halogens is 1. The van der Waals surface area contributed by atoms with Crippen LogP contribution in [-0.4, -0.2) is 34.1 Å². The van der Waals surface area contributed by atoms with Crippen molar-refractivity contribution in [3.05, 3.63) is 47.0 Å². The number of hydrogen-bond acceptors (Lipinski definition) is 5. The van der Waals surface area contributed by atoms with Gasteiger partial charge in [-0.05, 0) is 46.5 Å². The zero-order chi connectivity index (χ0) is 14.5. The van der Waals surface area contributed by atoms with Crippen LogP contribution in [0, 0.1) is 0 Å². The number of piperidine rings is 1. The molecule has 0 aromatic carbocycles. The zero-order valence-electron chi connectivity index (χ0n) is 11.7. The minimum atomic E-state index is 0.545. The van der Waals surface area contributed by atoms with Crippen molar-refractivity contribution in [3.63, 3.8) is 0 Å². The van der Waals surface area contributed by atoms with Gasteiger partial charge in [0, 0.05) is 54.9 Å². The second-order valence-electron chi connectivity index (χ2n) is 5.20. The quantitative estimate of drug-likeness (QED) is 0.920. The van der Waals surface area contributed by atoms with Crippen molar-refractivity contribution >= 4 is 21.9 Å². The second-order valence-corrected chi connectivity index (χ2v) is 6.12. The van der Waals surface area contributed by atoms with Gasteiger partial charge in [-0.3, -0.25) is 4.98 Å². The second kappa shape index (κ2) is 6.95. The maximum atomic E-state index is 4.31. The van der Waals surface area contributed by atoms with Gasteiger partial charge in [0.1, 0.15) is 0 Å². The van der Waals surface area contributed by atoms with E-state index in [9.17, 15) is 0 Å². The van der Waals surface area contributed by atoms with Gasteiger partial charge in [0.25, 0.3) is 0 Å². The van der Waals surface area contributed by atoms with Gasteiger partial charge in [-0.1, -0.05) is 0 Å². The summed E-state index contributed by atoms with van der Waals surface area (Å²) in [5.41, 5.74) is 1.21. The lowest BCUT2D eigenvalue weighted by molar-refractivity contribution is 0.411. The van der Waals surface area contributed by atoms with Crippen molar-refractivity contribution in [2.45, 2.75) is 25.4 Å². The standard InChI is InChI=1S/C15H18BrN5/c16-13-8-12(9-17-11-13)10-20-14-2-6-21(7-3-14)15-18-4-1-5-19-15/h1,4-5,8-9,11,14,20H,2-3,6-7,10H2. The summed E-state index contributed by atoms with van der Waals surface area (Å²) >= 11 is 3.45. The summed E-state index contributed by atoms with van der Waals surface area (Å²) in [6.45, 7) is 2.86. The van der Waals surface area contributed by atoms with Crippen LogP contribution < -0.4 is 10.2 Å². The Morgan fingerprint density at radius 1 is 1.19 bits per heavy atom. The molecule has 21 heavy (non-hydrogen) atoms. The highest BCUT2D eigenvalue weighted by Gasteiger charge is 2.20. The first-order valence-electron chi connectivity index (χ1n) is 7.16. The summed E-state index contributed by atoms with van der Waals surface area (Å²) in [7, 11) is 0. The molecular weight excluding hydrogens is 330 g/mol. The Balaban J connectivity index is 1.48. The van der Waals surface area contributed by atoms with Crippen LogP contribution in [0.2, 0.25) is 0 Å². The van der Waals surface area contributed by atoms with Gasteiger partial charge in [0.05, 0.1) is 0 Å². The summed E-state index contributed by atoms with van der Waals surface area (Å²) in [5.74, 6) is 0.840. The molecule has 0 saturated carbocycles. The van der Waals surface area contributed by atoms with Crippen molar-refractivity contribution in [2.24, 2.45) is 0 Å². The fourth-order valence-electron chi connectivity index (χ4n) is 2.55. The van der Waals surface area contributed by atoms with Crippen LogP contribution in [0.25, 0.3) is 0 Å². The number of nitrogens with one attached hydrogen (secondary N) is 1. The first kappa shape index (κ1) is 14.4. The lowest BCUT2D eigenvalue weighted by Crippen LogP contribution is -2.42. The van der Waals surface area contributed by atoms with Gasteiger partial charge in [-0.15, -0.1) is 0 Å². The minimum absolute atomic E-state index is 0.545. The smallest absolute Gasteiger partial charge is 0.225 e. The molecule has 0 spiro atoms. The molecule has 2 aromatic rings. The summed E-state index contributed by atoms with van der Waals surface area (Å²) < 4.78 is 1.03. The van der Waals surface area contributed by atoms with Crippen molar-refractivity contribution in [1.29, 1.82) is 0 Å². The Kier molecular flexibility index (Phi) is 4.77. The number of aromatic nitrogens is 3. The molecule has 1 saturated heterocycles. The van der Waals surface area contributed by atoms with Gasteiger partial charge < -0.3 is 10.2 Å². The SMILES string of the molecule is Brc1cncc(CNC2CCN(c3ncccn3)CC2)c1. The van der Waals surface area contributed by atoms with Gasteiger partial charge in [-0.25, -0.2) is 9.97 Å². The molecule has 1 fully saturated rings. The molecule has 3 rings (SSSR count). The van der Waals surface area contributed by atoms with Crippen LogP contribution in [0.15, 0.2) is 41.4 Å². The van der Waals surface area contributed by atoms with Crippen molar-refractivity contribution in [2.75, 3.05) is 18.0 Å². The fourth-order valence-corrected chi connectivity index (χ4v) is 2.97. The summed E-state index contributed by atoms with van der Waals surface area (Å²) in [5, 5.41) is 3.61. The number of rotatable bonds is 4. The van der Waals surface area contributed by atoms with Gasteiger partial charge in [0.2, 0.25) is 5.95 Å². The van der Waals surface area contributed by atoms with Crippen LogP contribution >= 0.6 is 15.9 Å². The molecule has 0 amide bonds. The van der Waals surface area contributed by atoms with Gasteiger partial charge in [0.15, 0.2) is 0 Å². The molecule has 0 radical (unpaired) electrons. The molecule has 0 unspecified atom stereocenters. The maximum Gasteiger partial charge on any atom is 0.225 e. The number of anilines is 1. The van der Waals surface area contributed by atoms with E-state index in [4.69, 9.17) is 0 Å². The molecule has 1 N–H and O–H groups in total. The molecule has 2 aromatic heterocycles. The molecular formula is C15H18BrN5. The summed E-state index contributed by atoms with van der Waals surface area (Å²) in [4.78, 5) is 15.1. The highest BCUT2D eigenvalue weighted by Crippen LogP contribution is 2.16. The largest absolute Gasteiger partial charge is 0.341 e. The Bertz CT molecular complexity index is 569. The van der Waals surface area contributed by atoms with E-state index in [0.717, 1.165) is 42.9 Å². The van der Waals surface area contributed by atoms with Crippen LogP contribution in [0.5, 0.6) is 0 Å². The van der Waals surface area contributed by atoms with E-state index in [1.54, 1.807) is 12.4 Å². The van der Waals surface area contributed by atoms with E-state index in [1.165, 1.54) is 5.56 Å². The Morgan fingerprint density at radius 2 is 1.95 bits per heavy atom. The third-order valence-corrected chi connectivity index (χ3v) is 4.12. The van der Waals surface area contributed by atoms with E-state index in [0.29, 0.717) is 6.04 Å². The first-order chi connectivity index (χ1) is 10.3. The highest BCUT2D eigenvalue weighted by molar-refractivity contribution is 9.10. The van der Waals surface area contributed by atoms with Crippen molar-refractivity contribution < 1.29 is 0 Å². The average molecular weight is 348 g/mol. The van der Waals surface area contributed by atoms with E-state index in [1.807, 2.05) is 18.5 Å². The van der Waals surface area contributed by atoms with E-state index in [2.05, 4.69) is 47.2 Å². The number of nitrogens with zero attached hydrogens (tertiary/aromatic N) is 4. The predicted octanol–water partition coefficient (Wildman–Crippen LogP) is 2.39. The monoisotopic (exact) mass is 347 g/mol. The molecule has 110 valence electrons. The zero-order valence-corrected chi connectivity index (χ0v) is 13.3. The summed E-state index contributed by atoms with van der Waals surface area (Å²) in [6.07, 6.45) is 9.53. The molecule has 6 heteroatoms. The van der Waals surface area contributed by atoms with Crippen LogP contribution in [0.1, 0.15) is 18.4 Å². The average Bonchev–Trinajstić information content (AvgIpc) is 2.54. The molecule has 0 atom stereocenters. The first-order valence-corrected chi connectivity index (χ1v) is 7.95. The number of pyridine rings is 1. The Labute approximate surface area is 133 Å². The molecule has 1 aliphatic rings. The van der Waals surface area contributed by atoms with E-state index < -0.39 is 0 Å². The maximum absolute atomic E-state index is 4.31. The molecule has 0 bridgehead atoms. The van der Waals surface area contributed by atoms with Crippen LogP contribution in [0.4, 0.5) is 5.95 Å². The number of hydrogen-bond donors (Lipinski definition) is 1. The van der Waals surface area contributed by atoms with Crippen molar-refractivity contribution in [1.82, 2.24) is 20.3 Å². The molecule has 0 aliphatic carbocycles. The molecule has 3 heterocycles.